The molecule has 0 radical (unpaired) electrons. The van der Waals surface area contributed by atoms with Crippen molar-refractivity contribution in [2.75, 3.05) is 6.61 Å². The second-order valence-electron chi connectivity index (χ2n) is 3.43. The third-order valence-corrected chi connectivity index (χ3v) is 2.22. The maximum absolute atomic E-state index is 10.5. The van der Waals surface area contributed by atoms with Crippen molar-refractivity contribution in [2.24, 2.45) is 5.73 Å². The number of aliphatic hydroxyl groups excluding tert-OH is 3. The molecule has 0 aliphatic carbocycles. The minimum Gasteiger partial charge on any atom is -0.463 e. The van der Waals surface area contributed by atoms with Gasteiger partial charge in [0.1, 0.15) is 24.9 Å². The summed E-state index contributed by atoms with van der Waals surface area (Å²) in [5.41, 5.74) is 5.34. The van der Waals surface area contributed by atoms with Gasteiger partial charge in [0.05, 0.1) is 6.04 Å². The zero-order chi connectivity index (χ0) is 11.6. The normalized spacial score (nSPS) is 41.3. The Hall–Kier alpha value is -0.730. The number of nitrogens with two attached hydrogens (primary N) is 1. The second kappa shape index (κ2) is 4.86. The molecular formula is C8H15NO6. The van der Waals surface area contributed by atoms with Crippen molar-refractivity contribution in [3.8, 4) is 0 Å². The van der Waals surface area contributed by atoms with Crippen molar-refractivity contribution in [2.45, 2.75) is 37.6 Å². The fourth-order valence-corrected chi connectivity index (χ4v) is 1.30. The molecule has 0 spiro atoms. The summed E-state index contributed by atoms with van der Waals surface area (Å²) in [5.74, 6) is -0.537. The Kier molecular flexibility index (Phi) is 4.00. The molecule has 7 nitrogen and oxygen atoms in total. The predicted molar refractivity (Wildman–Crippen MR) is 47.5 cm³/mol. The maximum Gasteiger partial charge on any atom is 0.302 e. The van der Waals surface area contributed by atoms with Gasteiger partial charge in [-0.15, -0.1) is 0 Å². The van der Waals surface area contributed by atoms with Crippen LogP contribution in [0.15, 0.2) is 0 Å². The number of aliphatic hydroxyl groups is 3. The summed E-state index contributed by atoms with van der Waals surface area (Å²) in [5, 5.41) is 28.1. The molecule has 88 valence electrons. The van der Waals surface area contributed by atoms with Crippen LogP contribution in [0.1, 0.15) is 6.92 Å². The van der Waals surface area contributed by atoms with Crippen LogP contribution in [-0.4, -0.2) is 58.5 Å². The highest BCUT2D eigenvalue weighted by atomic mass is 16.6. The summed E-state index contributed by atoms with van der Waals surface area (Å²) in [6.45, 7) is 0.963. The van der Waals surface area contributed by atoms with Crippen molar-refractivity contribution >= 4 is 5.97 Å². The van der Waals surface area contributed by atoms with Crippen LogP contribution in [0, 0.1) is 0 Å². The number of esters is 1. The van der Waals surface area contributed by atoms with Gasteiger partial charge in [0, 0.05) is 6.92 Å². The van der Waals surface area contributed by atoms with E-state index < -0.39 is 36.6 Å². The Morgan fingerprint density at radius 3 is 2.53 bits per heavy atom. The Morgan fingerprint density at radius 1 is 1.40 bits per heavy atom. The molecule has 1 rings (SSSR count). The third kappa shape index (κ3) is 2.86. The summed E-state index contributed by atoms with van der Waals surface area (Å²) < 4.78 is 9.47. The van der Waals surface area contributed by atoms with Crippen LogP contribution in [0.4, 0.5) is 0 Å². The number of rotatable bonds is 2. The van der Waals surface area contributed by atoms with E-state index >= 15 is 0 Å². The number of hydrogen-bond donors (Lipinski definition) is 4. The van der Waals surface area contributed by atoms with E-state index in [1.165, 1.54) is 6.92 Å². The van der Waals surface area contributed by atoms with E-state index in [4.69, 9.17) is 10.5 Å². The Balaban J connectivity index is 2.54. The van der Waals surface area contributed by atoms with Crippen LogP contribution < -0.4 is 5.73 Å². The van der Waals surface area contributed by atoms with Crippen molar-refractivity contribution < 1.29 is 29.6 Å². The van der Waals surface area contributed by atoms with Gasteiger partial charge in [-0.25, -0.2) is 0 Å². The van der Waals surface area contributed by atoms with Gasteiger partial charge in [0.2, 0.25) is 0 Å². The molecule has 7 heteroatoms. The molecule has 0 aromatic carbocycles. The molecule has 0 bridgehead atoms. The lowest BCUT2D eigenvalue weighted by Crippen LogP contribution is -2.62. The SMILES string of the molecule is CC(=O)OC[C@H]1O[C@@H](O)[C@H](N)[C@@H](O)[C@@H]1O. The van der Waals surface area contributed by atoms with E-state index in [0.29, 0.717) is 0 Å². The first-order chi connectivity index (χ1) is 6.93. The number of carbonyl (C=O) groups is 1. The fraction of sp³-hybridized carbons (Fsp3) is 0.875. The molecule has 5 N–H and O–H groups in total. The van der Waals surface area contributed by atoms with E-state index in [-0.39, 0.29) is 6.61 Å². The van der Waals surface area contributed by atoms with Gasteiger partial charge in [-0.1, -0.05) is 0 Å². The number of carbonyl (C=O) groups excluding carboxylic acids is 1. The van der Waals surface area contributed by atoms with Crippen molar-refractivity contribution in [3.05, 3.63) is 0 Å². The van der Waals surface area contributed by atoms with Crippen LogP contribution in [0.3, 0.4) is 0 Å². The largest absolute Gasteiger partial charge is 0.463 e. The standard InChI is InChI=1S/C8H15NO6/c1-3(10)14-2-4-6(11)7(12)5(9)8(13)15-4/h4-8,11-13H,2,9H2,1H3/t4-,5-,6-,7-,8-/m1/s1. The highest BCUT2D eigenvalue weighted by Crippen LogP contribution is 2.18. The van der Waals surface area contributed by atoms with Gasteiger partial charge in [-0.05, 0) is 0 Å². The van der Waals surface area contributed by atoms with Crippen molar-refractivity contribution in [3.63, 3.8) is 0 Å². The Morgan fingerprint density at radius 2 is 2.00 bits per heavy atom. The average Bonchev–Trinajstić information content (AvgIpc) is 2.18. The highest BCUT2D eigenvalue weighted by molar-refractivity contribution is 5.65. The lowest BCUT2D eigenvalue weighted by Gasteiger charge is -2.38. The summed E-state index contributed by atoms with van der Waals surface area (Å²) in [4.78, 5) is 10.5. The Labute approximate surface area is 86.4 Å². The first-order valence-electron chi connectivity index (χ1n) is 4.52. The highest BCUT2D eigenvalue weighted by Gasteiger charge is 2.42. The topological polar surface area (TPSA) is 122 Å². The van der Waals surface area contributed by atoms with E-state index in [0.717, 1.165) is 0 Å². The van der Waals surface area contributed by atoms with Crippen LogP contribution in [0.2, 0.25) is 0 Å². The van der Waals surface area contributed by atoms with Crippen LogP contribution in [0.5, 0.6) is 0 Å². The van der Waals surface area contributed by atoms with Gasteiger partial charge in [-0.2, -0.15) is 0 Å². The second-order valence-corrected chi connectivity index (χ2v) is 3.43. The van der Waals surface area contributed by atoms with Gasteiger partial charge in [-0.3, -0.25) is 4.79 Å². The average molecular weight is 221 g/mol. The minimum absolute atomic E-state index is 0.239. The van der Waals surface area contributed by atoms with Gasteiger partial charge < -0.3 is 30.5 Å². The molecule has 0 aromatic rings. The lowest BCUT2D eigenvalue weighted by atomic mass is 9.98. The maximum atomic E-state index is 10.5. The van der Waals surface area contributed by atoms with Crippen LogP contribution in [-0.2, 0) is 14.3 Å². The summed E-state index contributed by atoms with van der Waals surface area (Å²) in [6, 6.07) is -1.08. The Bertz CT molecular complexity index is 235. The molecule has 0 amide bonds. The quantitative estimate of drug-likeness (QED) is 0.375. The summed E-state index contributed by atoms with van der Waals surface area (Å²) in [6.07, 6.45) is -4.96. The van der Waals surface area contributed by atoms with E-state index in [1.807, 2.05) is 0 Å². The molecular weight excluding hydrogens is 206 g/mol. The third-order valence-electron chi connectivity index (χ3n) is 2.22. The first-order valence-corrected chi connectivity index (χ1v) is 4.52. The first kappa shape index (κ1) is 12.3. The van der Waals surface area contributed by atoms with Crippen molar-refractivity contribution in [1.82, 2.24) is 0 Å². The monoisotopic (exact) mass is 221 g/mol. The molecule has 15 heavy (non-hydrogen) atoms. The smallest absolute Gasteiger partial charge is 0.302 e. The molecule has 1 aliphatic heterocycles. The van der Waals surface area contributed by atoms with Gasteiger partial charge >= 0.3 is 5.97 Å². The molecule has 1 heterocycles. The van der Waals surface area contributed by atoms with E-state index in [9.17, 15) is 20.1 Å². The minimum atomic E-state index is -1.39. The zero-order valence-corrected chi connectivity index (χ0v) is 8.24. The number of hydrogen-bond acceptors (Lipinski definition) is 7. The van der Waals surface area contributed by atoms with Gasteiger partial charge in [0.15, 0.2) is 6.29 Å². The number of ether oxygens (including phenoxy) is 2. The van der Waals surface area contributed by atoms with Crippen LogP contribution in [0.25, 0.3) is 0 Å². The fourth-order valence-electron chi connectivity index (χ4n) is 1.30. The van der Waals surface area contributed by atoms with Crippen LogP contribution >= 0.6 is 0 Å². The molecule has 1 aliphatic rings. The molecule has 0 saturated carbocycles. The molecule has 1 saturated heterocycles. The molecule has 0 aromatic heterocycles. The molecule has 0 unspecified atom stereocenters. The van der Waals surface area contributed by atoms with Crippen molar-refractivity contribution in [1.29, 1.82) is 0 Å². The van der Waals surface area contributed by atoms with E-state index in [1.54, 1.807) is 0 Å². The van der Waals surface area contributed by atoms with E-state index in [2.05, 4.69) is 4.74 Å². The lowest BCUT2D eigenvalue weighted by molar-refractivity contribution is -0.250. The van der Waals surface area contributed by atoms with Gasteiger partial charge in [0.25, 0.3) is 0 Å². The predicted octanol–water partition coefficient (Wildman–Crippen LogP) is -2.68. The summed E-state index contributed by atoms with van der Waals surface area (Å²) in [7, 11) is 0. The summed E-state index contributed by atoms with van der Waals surface area (Å²) >= 11 is 0. The molecule has 5 atom stereocenters. The molecule has 1 fully saturated rings. The zero-order valence-electron chi connectivity index (χ0n) is 8.24.